The van der Waals surface area contributed by atoms with Gasteiger partial charge in [0.05, 0.1) is 68.7 Å². The van der Waals surface area contributed by atoms with Crippen molar-refractivity contribution in [2.75, 3.05) is 77.3 Å². The zero-order valence-electron chi connectivity index (χ0n) is 27.3. The number of fused-ring (bicyclic) bond motifs is 1. The summed E-state index contributed by atoms with van der Waals surface area (Å²) in [4.78, 5) is 67.5. The van der Waals surface area contributed by atoms with Gasteiger partial charge in [-0.15, -0.1) is 0 Å². The molecule has 1 unspecified atom stereocenters. The molecule has 0 spiro atoms. The lowest BCUT2D eigenvalue weighted by Gasteiger charge is -2.36. The molecular formula is C33H40N4O11S. The number of nitrogens with zero attached hydrogens (tertiary/aromatic N) is 3. The molecule has 2 fully saturated rings. The Morgan fingerprint density at radius 1 is 0.796 bits per heavy atom. The van der Waals surface area contributed by atoms with Crippen molar-refractivity contribution >= 4 is 45.3 Å². The summed E-state index contributed by atoms with van der Waals surface area (Å²) in [5.41, 5.74) is 2.13. The van der Waals surface area contributed by atoms with Crippen molar-refractivity contribution in [2.45, 2.75) is 37.1 Å². The lowest BCUT2D eigenvalue weighted by molar-refractivity contribution is -0.136. The van der Waals surface area contributed by atoms with Crippen LogP contribution in [-0.2, 0) is 42.9 Å². The largest absolute Gasteiger partial charge is 0.379 e. The van der Waals surface area contributed by atoms with Crippen molar-refractivity contribution in [3.8, 4) is 0 Å². The Bertz CT molecular complexity index is 1660. The first-order valence-corrected chi connectivity index (χ1v) is 17.5. The number of imide groups is 2. The van der Waals surface area contributed by atoms with Crippen molar-refractivity contribution < 1.29 is 50.8 Å². The van der Waals surface area contributed by atoms with Crippen molar-refractivity contribution in [2.24, 2.45) is 0 Å². The normalized spacial score (nSPS) is 18.2. The molecule has 0 bridgehead atoms. The number of anilines is 1. The van der Waals surface area contributed by atoms with Crippen molar-refractivity contribution in [1.82, 2.24) is 15.1 Å². The van der Waals surface area contributed by atoms with Crippen molar-refractivity contribution in [3.05, 3.63) is 59.2 Å². The highest BCUT2D eigenvalue weighted by Crippen LogP contribution is 2.31. The van der Waals surface area contributed by atoms with Crippen LogP contribution in [0.2, 0.25) is 0 Å². The Kier molecular flexibility index (Phi) is 12.1. The van der Waals surface area contributed by atoms with E-state index in [-0.39, 0.29) is 67.6 Å². The van der Waals surface area contributed by atoms with Crippen molar-refractivity contribution in [1.29, 1.82) is 0 Å². The van der Waals surface area contributed by atoms with Crippen LogP contribution in [0.25, 0.3) is 0 Å². The molecule has 2 saturated heterocycles. The monoisotopic (exact) mass is 700 g/mol. The molecule has 1 atom stereocenters. The average Bonchev–Trinajstić information content (AvgIpc) is 3.33. The molecule has 5 amide bonds. The number of piperidine rings is 1. The van der Waals surface area contributed by atoms with Gasteiger partial charge in [0, 0.05) is 38.3 Å². The number of carbonyl (C=O) groups is 5. The van der Waals surface area contributed by atoms with E-state index in [1.165, 1.54) is 12.1 Å². The molecule has 264 valence electrons. The number of rotatable bonds is 16. The van der Waals surface area contributed by atoms with Crippen LogP contribution in [0.15, 0.2) is 47.4 Å². The molecule has 15 nitrogen and oxygen atoms in total. The summed E-state index contributed by atoms with van der Waals surface area (Å²) >= 11 is 0. The zero-order valence-corrected chi connectivity index (χ0v) is 28.1. The van der Waals surface area contributed by atoms with Crippen molar-refractivity contribution in [3.63, 3.8) is 0 Å². The number of amides is 5. The van der Waals surface area contributed by atoms with E-state index in [1.807, 2.05) is 11.8 Å². The Balaban J connectivity index is 0.921. The third-order valence-electron chi connectivity index (χ3n) is 8.40. The van der Waals surface area contributed by atoms with Gasteiger partial charge in [-0.3, -0.25) is 38.4 Å². The number of aryl methyl sites for hydroxylation is 1. The van der Waals surface area contributed by atoms with Crippen LogP contribution in [0.1, 0.15) is 45.5 Å². The van der Waals surface area contributed by atoms with Gasteiger partial charge in [0.15, 0.2) is 0 Å². The highest BCUT2D eigenvalue weighted by molar-refractivity contribution is 7.86. The molecule has 0 radical (unpaired) electrons. The second-order valence-electron chi connectivity index (χ2n) is 11.7. The lowest BCUT2D eigenvalue weighted by atomic mass is 10.0. The summed E-state index contributed by atoms with van der Waals surface area (Å²) < 4.78 is 45.6. The van der Waals surface area contributed by atoms with E-state index in [2.05, 4.69) is 5.32 Å². The molecule has 5 rings (SSSR count). The molecule has 3 heterocycles. The molecule has 0 aromatic heterocycles. The van der Waals surface area contributed by atoms with Gasteiger partial charge in [-0.2, -0.15) is 8.42 Å². The number of nitrogens with one attached hydrogen (secondary N) is 1. The van der Waals surface area contributed by atoms with Crippen LogP contribution >= 0.6 is 0 Å². The number of ether oxygens (including phenoxy) is 3. The maximum Gasteiger partial charge on any atom is 0.297 e. The van der Waals surface area contributed by atoms with E-state index < -0.39 is 39.8 Å². The summed E-state index contributed by atoms with van der Waals surface area (Å²) in [5, 5.41) is 2.19. The standard InChI is InChI=1S/C33H40N4O11S/c1-23-2-5-25(6-3-23)49(43,44)48-21-20-47-19-18-46-17-16-45-15-10-30(39)36-13-11-35(12-14-36)24-4-7-26-27(22-24)33(42)37(32(26)41)28-8-9-29(38)34-31(28)40/h2-7,22,28H,8-21H2,1H3,(H,34,38,40). The van der Waals surface area contributed by atoms with E-state index in [9.17, 15) is 32.4 Å². The molecule has 3 aliphatic rings. The Hall–Kier alpha value is -4.22. The van der Waals surface area contributed by atoms with Gasteiger partial charge in [0.1, 0.15) is 6.04 Å². The second-order valence-corrected chi connectivity index (χ2v) is 13.3. The number of hydrogen-bond acceptors (Lipinski definition) is 12. The SMILES string of the molecule is Cc1ccc(S(=O)(=O)OCCOCCOCCOCCC(=O)N2CCN(c3ccc4c(c3)C(=O)N(C3CCC(=O)NC3=O)C4=O)CC2)cc1. The predicted octanol–water partition coefficient (Wildman–Crippen LogP) is 0.890. The highest BCUT2D eigenvalue weighted by atomic mass is 32.2. The minimum absolute atomic E-state index is 0.0322. The number of benzene rings is 2. The number of piperazine rings is 1. The quantitative estimate of drug-likeness (QED) is 0.149. The highest BCUT2D eigenvalue weighted by Gasteiger charge is 2.44. The van der Waals surface area contributed by atoms with Gasteiger partial charge in [-0.05, 0) is 43.7 Å². The molecule has 3 aliphatic heterocycles. The van der Waals surface area contributed by atoms with E-state index >= 15 is 0 Å². The van der Waals surface area contributed by atoms with Crippen LogP contribution < -0.4 is 10.2 Å². The minimum atomic E-state index is -3.82. The van der Waals surface area contributed by atoms with E-state index in [4.69, 9.17) is 18.4 Å². The maximum atomic E-state index is 13.2. The molecule has 16 heteroatoms. The van der Waals surface area contributed by atoms with Gasteiger partial charge < -0.3 is 24.0 Å². The third-order valence-corrected chi connectivity index (χ3v) is 9.73. The minimum Gasteiger partial charge on any atom is -0.379 e. The van der Waals surface area contributed by atoms with Crippen LogP contribution in [0, 0.1) is 6.92 Å². The average molecular weight is 701 g/mol. The molecule has 0 aliphatic carbocycles. The fraction of sp³-hybridized carbons (Fsp3) is 0.485. The zero-order chi connectivity index (χ0) is 35.0. The summed E-state index contributed by atoms with van der Waals surface area (Å²) in [7, 11) is -3.82. The third kappa shape index (κ3) is 9.07. The Labute approximate surface area is 284 Å². The van der Waals surface area contributed by atoms with E-state index in [0.29, 0.717) is 46.0 Å². The molecule has 1 N–H and O–H groups in total. The van der Waals surface area contributed by atoms with E-state index in [1.54, 1.807) is 35.2 Å². The van der Waals surface area contributed by atoms with Crippen LogP contribution in [0.3, 0.4) is 0 Å². The molecule has 0 saturated carbocycles. The summed E-state index contributed by atoms with van der Waals surface area (Å²) in [6.07, 6.45) is 0.375. The first-order chi connectivity index (χ1) is 23.5. The van der Waals surface area contributed by atoms with Crippen LogP contribution in [0.5, 0.6) is 0 Å². The van der Waals surface area contributed by atoms with Gasteiger partial charge in [-0.25, -0.2) is 0 Å². The number of carbonyl (C=O) groups excluding carboxylic acids is 5. The lowest BCUT2D eigenvalue weighted by Crippen LogP contribution is -2.54. The van der Waals surface area contributed by atoms with Crippen LogP contribution in [0.4, 0.5) is 5.69 Å². The fourth-order valence-electron chi connectivity index (χ4n) is 5.70. The summed E-state index contributed by atoms with van der Waals surface area (Å²) in [6.45, 7) is 5.32. The van der Waals surface area contributed by atoms with E-state index in [0.717, 1.165) is 16.2 Å². The first-order valence-electron chi connectivity index (χ1n) is 16.1. The summed E-state index contributed by atoms with van der Waals surface area (Å²) in [5.74, 6) is -2.21. The first kappa shape index (κ1) is 36.1. The molecule has 2 aromatic carbocycles. The molecule has 49 heavy (non-hydrogen) atoms. The fourth-order valence-corrected chi connectivity index (χ4v) is 6.60. The smallest absolute Gasteiger partial charge is 0.297 e. The van der Waals surface area contributed by atoms with Gasteiger partial charge in [0.2, 0.25) is 17.7 Å². The number of hydrogen-bond donors (Lipinski definition) is 1. The van der Waals surface area contributed by atoms with Gasteiger partial charge in [-0.1, -0.05) is 17.7 Å². The second kappa shape index (κ2) is 16.5. The predicted molar refractivity (Wildman–Crippen MR) is 173 cm³/mol. The maximum absolute atomic E-state index is 13.2. The molecule has 2 aromatic rings. The van der Waals surface area contributed by atoms with Crippen LogP contribution in [-0.4, -0.2) is 126 Å². The Morgan fingerprint density at radius 2 is 1.41 bits per heavy atom. The molecular weight excluding hydrogens is 660 g/mol. The Morgan fingerprint density at radius 3 is 2.06 bits per heavy atom. The topological polar surface area (TPSA) is 178 Å². The van der Waals surface area contributed by atoms with Gasteiger partial charge in [0.25, 0.3) is 21.9 Å². The summed E-state index contributed by atoms with van der Waals surface area (Å²) in [6, 6.07) is 10.4. The van der Waals surface area contributed by atoms with Gasteiger partial charge >= 0.3 is 0 Å².